The summed E-state index contributed by atoms with van der Waals surface area (Å²) >= 11 is 0. The summed E-state index contributed by atoms with van der Waals surface area (Å²) in [7, 11) is 0. The molecule has 0 amide bonds. The topological polar surface area (TPSA) is 14.2 Å². The van der Waals surface area contributed by atoms with Crippen molar-refractivity contribution in [2.24, 2.45) is 0 Å². The first kappa shape index (κ1) is 17.6. The minimum atomic E-state index is 0.467. The zero-order valence-electron chi connectivity index (χ0n) is 16.7. The average molecular weight is 377 g/mol. The second-order valence-electron chi connectivity index (χ2n) is 7.64. The normalized spacial score (nSPS) is 11.2. The third-order valence-corrected chi connectivity index (χ3v) is 5.43. The number of hydrogen-bond donors (Lipinski definition) is 0. The number of benzene rings is 4. The lowest BCUT2D eigenvalue weighted by Gasteiger charge is -2.15. The molecule has 0 fully saturated rings. The van der Waals surface area contributed by atoms with Crippen LogP contribution >= 0.6 is 0 Å². The molecule has 0 spiro atoms. The molecule has 0 unspecified atom stereocenters. The lowest BCUT2D eigenvalue weighted by Crippen LogP contribution is -2.07. The predicted molar refractivity (Wildman–Crippen MR) is 121 cm³/mol. The molecule has 5 rings (SSSR count). The zero-order chi connectivity index (χ0) is 19.8. The van der Waals surface area contributed by atoms with Gasteiger partial charge in [-0.2, -0.15) is 0 Å². The number of rotatable bonds is 4. The van der Waals surface area contributed by atoms with E-state index in [1.54, 1.807) is 0 Å². The summed E-state index contributed by atoms with van der Waals surface area (Å²) in [4.78, 5) is 0. The van der Waals surface area contributed by atoms with E-state index in [9.17, 15) is 0 Å². The Morgan fingerprint density at radius 2 is 1.38 bits per heavy atom. The summed E-state index contributed by atoms with van der Waals surface area (Å²) in [6.45, 7) is 4.67. The van der Waals surface area contributed by atoms with Gasteiger partial charge in [-0.3, -0.25) is 0 Å². The first-order valence-corrected chi connectivity index (χ1v) is 9.96. The number of fused-ring (bicyclic) bond motifs is 2. The Morgan fingerprint density at radius 3 is 2.21 bits per heavy atom. The number of para-hydroxylation sites is 1. The van der Waals surface area contributed by atoms with Crippen LogP contribution in [0.3, 0.4) is 0 Å². The van der Waals surface area contributed by atoms with Gasteiger partial charge in [-0.1, -0.05) is 66.7 Å². The zero-order valence-corrected chi connectivity index (χ0v) is 16.7. The van der Waals surface area contributed by atoms with E-state index in [0.29, 0.717) is 6.73 Å². The third-order valence-electron chi connectivity index (χ3n) is 5.43. The molecule has 0 aliphatic rings. The fourth-order valence-electron chi connectivity index (χ4n) is 4.18. The fourth-order valence-corrected chi connectivity index (χ4v) is 4.18. The van der Waals surface area contributed by atoms with Crippen LogP contribution in [0.15, 0.2) is 91.0 Å². The summed E-state index contributed by atoms with van der Waals surface area (Å²) in [6, 6.07) is 32.2. The van der Waals surface area contributed by atoms with Gasteiger partial charge in [0.2, 0.25) is 0 Å². The van der Waals surface area contributed by atoms with E-state index < -0.39 is 0 Å². The van der Waals surface area contributed by atoms with Crippen LogP contribution in [0.1, 0.15) is 11.1 Å². The van der Waals surface area contributed by atoms with Crippen LogP contribution in [0.2, 0.25) is 0 Å². The molecule has 0 saturated heterocycles. The number of ether oxygens (including phenoxy) is 1. The molecule has 0 bridgehead atoms. The van der Waals surface area contributed by atoms with Crippen molar-refractivity contribution in [3.63, 3.8) is 0 Å². The predicted octanol–water partition coefficient (Wildman–Crippen LogP) is 7.11. The molecule has 0 atom stereocenters. The van der Waals surface area contributed by atoms with Gasteiger partial charge in [-0.25, -0.2) is 0 Å². The molecule has 0 radical (unpaired) electrons. The Labute approximate surface area is 171 Å². The average Bonchev–Trinajstić information content (AvgIpc) is 3.09. The van der Waals surface area contributed by atoms with Crippen LogP contribution < -0.4 is 4.74 Å². The van der Waals surface area contributed by atoms with Gasteiger partial charge in [0.15, 0.2) is 6.73 Å². The Balaban J connectivity index is 1.64. The highest BCUT2D eigenvalue weighted by molar-refractivity contribution is 5.99. The number of aryl methyl sites for hydroxylation is 2. The van der Waals surface area contributed by atoms with Gasteiger partial charge in [0, 0.05) is 10.9 Å². The van der Waals surface area contributed by atoms with Crippen molar-refractivity contribution >= 4 is 21.7 Å². The molecule has 0 saturated carbocycles. The highest BCUT2D eigenvalue weighted by Crippen LogP contribution is 2.33. The highest BCUT2D eigenvalue weighted by atomic mass is 16.5. The van der Waals surface area contributed by atoms with Crippen LogP contribution in [0, 0.1) is 13.8 Å². The largest absolute Gasteiger partial charge is 0.473 e. The van der Waals surface area contributed by atoms with Crippen LogP contribution in [-0.2, 0) is 6.73 Å². The molecule has 1 heterocycles. The molecule has 4 aromatic carbocycles. The maximum atomic E-state index is 6.26. The first-order chi connectivity index (χ1) is 14.2. The van der Waals surface area contributed by atoms with Crippen molar-refractivity contribution < 1.29 is 4.74 Å². The van der Waals surface area contributed by atoms with E-state index in [0.717, 1.165) is 5.75 Å². The smallest absolute Gasteiger partial charge is 0.165 e. The third kappa shape index (κ3) is 3.27. The van der Waals surface area contributed by atoms with Crippen molar-refractivity contribution in [2.45, 2.75) is 20.6 Å². The standard InChI is InChI=1S/C27H23NO/c1-19-14-20(2)16-23(15-19)29-18-28-26-13-6-4-9-22(26)17-27(28)25-12-7-10-21-8-3-5-11-24(21)25/h3-17H,18H2,1-2H3. The monoisotopic (exact) mass is 377 g/mol. The maximum absolute atomic E-state index is 6.26. The molecule has 1 aromatic heterocycles. The second kappa shape index (κ2) is 7.14. The highest BCUT2D eigenvalue weighted by Gasteiger charge is 2.13. The van der Waals surface area contributed by atoms with Crippen LogP contribution in [0.5, 0.6) is 5.75 Å². The summed E-state index contributed by atoms with van der Waals surface area (Å²) in [6.07, 6.45) is 0. The Bertz CT molecular complexity index is 1300. The fraction of sp³-hybridized carbons (Fsp3) is 0.111. The minimum Gasteiger partial charge on any atom is -0.473 e. The number of nitrogens with zero attached hydrogens (tertiary/aromatic N) is 1. The molecule has 2 heteroatoms. The van der Waals surface area contributed by atoms with Crippen LogP contribution in [-0.4, -0.2) is 4.57 Å². The van der Waals surface area contributed by atoms with Crippen LogP contribution in [0.4, 0.5) is 0 Å². The van der Waals surface area contributed by atoms with Gasteiger partial charge >= 0.3 is 0 Å². The lowest BCUT2D eigenvalue weighted by molar-refractivity contribution is 0.243. The SMILES string of the molecule is Cc1cc(C)cc(OCn2c(-c3cccc4ccccc34)cc3ccccc32)c1. The molecule has 142 valence electrons. The van der Waals surface area contributed by atoms with E-state index in [1.807, 2.05) is 0 Å². The van der Waals surface area contributed by atoms with Crippen molar-refractivity contribution in [3.8, 4) is 17.0 Å². The van der Waals surface area contributed by atoms with E-state index >= 15 is 0 Å². The van der Waals surface area contributed by atoms with E-state index in [1.165, 1.54) is 44.1 Å². The quantitative estimate of drug-likeness (QED) is 0.325. The van der Waals surface area contributed by atoms with Gasteiger partial charge in [-0.05, 0) is 60.0 Å². The van der Waals surface area contributed by atoms with Gasteiger partial charge < -0.3 is 9.30 Å². The minimum absolute atomic E-state index is 0.467. The number of hydrogen-bond acceptors (Lipinski definition) is 1. The Morgan fingerprint density at radius 1 is 0.690 bits per heavy atom. The first-order valence-electron chi connectivity index (χ1n) is 9.96. The molecule has 29 heavy (non-hydrogen) atoms. The van der Waals surface area contributed by atoms with E-state index in [4.69, 9.17) is 4.74 Å². The summed E-state index contributed by atoms with van der Waals surface area (Å²) < 4.78 is 8.53. The molecular weight excluding hydrogens is 354 g/mol. The summed E-state index contributed by atoms with van der Waals surface area (Å²) in [5.41, 5.74) is 6.01. The number of aromatic nitrogens is 1. The van der Waals surface area contributed by atoms with Crippen molar-refractivity contribution in [2.75, 3.05) is 0 Å². The molecule has 2 nitrogen and oxygen atoms in total. The Hall–Kier alpha value is -3.52. The maximum Gasteiger partial charge on any atom is 0.165 e. The summed E-state index contributed by atoms with van der Waals surface area (Å²) in [5, 5.41) is 3.72. The molecule has 0 aliphatic heterocycles. The van der Waals surface area contributed by atoms with Gasteiger partial charge in [-0.15, -0.1) is 0 Å². The van der Waals surface area contributed by atoms with Gasteiger partial charge in [0.05, 0.1) is 11.2 Å². The lowest BCUT2D eigenvalue weighted by atomic mass is 10.0. The molecule has 0 N–H and O–H groups in total. The van der Waals surface area contributed by atoms with Crippen molar-refractivity contribution in [1.29, 1.82) is 0 Å². The van der Waals surface area contributed by atoms with Crippen molar-refractivity contribution in [3.05, 3.63) is 102 Å². The van der Waals surface area contributed by atoms with E-state index in [2.05, 4.69) is 109 Å². The molecule has 5 aromatic rings. The van der Waals surface area contributed by atoms with E-state index in [-0.39, 0.29) is 0 Å². The van der Waals surface area contributed by atoms with Gasteiger partial charge in [0.1, 0.15) is 5.75 Å². The second-order valence-corrected chi connectivity index (χ2v) is 7.64. The molecular formula is C27H23NO. The molecule has 0 aliphatic carbocycles. The van der Waals surface area contributed by atoms with Crippen molar-refractivity contribution in [1.82, 2.24) is 4.57 Å². The summed E-state index contributed by atoms with van der Waals surface area (Å²) in [5.74, 6) is 0.907. The van der Waals surface area contributed by atoms with Crippen LogP contribution in [0.25, 0.3) is 32.9 Å². The van der Waals surface area contributed by atoms with Gasteiger partial charge in [0.25, 0.3) is 0 Å². The Kier molecular flexibility index (Phi) is 4.33.